The molecule has 0 radical (unpaired) electrons. The molecule has 3 amide bonds. The molecule has 9 heteroatoms. The zero-order valence-corrected chi connectivity index (χ0v) is 14.6. The number of hydrogen-bond acceptors (Lipinski definition) is 5. The van der Waals surface area contributed by atoms with Crippen LogP contribution >= 0.6 is 0 Å². The highest BCUT2D eigenvalue weighted by Crippen LogP contribution is 2.28. The first-order chi connectivity index (χ1) is 12.8. The van der Waals surface area contributed by atoms with Crippen molar-refractivity contribution in [1.82, 2.24) is 20.9 Å². The van der Waals surface area contributed by atoms with E-state index in [2.05, 4.69) is 16.0 Å². The van der Waals surface area contributed by atoms with E-state index < -0.39 is 23.9 Å². The van der Waals surface area contributed by atoms with Crippen LogP contribution in [0.15, 0.2) is 18.2 Å². The molecule has 2 fully saturated rings. The molecule has 144 valence electrons. The van der Waals surface area contributed by atoms with Crippen LogP contribution in [0.2, 0.25) is 0 Å². The lowest BCUT2D eigenvalue weighted by atomic mass is 10.0. The summed E-state index contributed by atoms with van der Waals surface area (Å²) < 4.78 is 27.3. The Morgan fingerprint density at radius 1 is 1.26 bits per heavy atom. The molecular weight excluding hydrogens is 358 g/mol. The molecule has 2 atom stereocenters. The van der Waals surface area contributed by atoms with Crippen LogP contribution in [0.25, 0.3) is 0 Å². The Bertz CT molecular complexity index is 814. The fraction of sp³-hybridized carbons (Fsp3) is 0.500. The topological polar surface area (TPSA) is 90.5 Å². The lowest BCUT2D eigenvalue weighted by molar-refractivity contribution is -0.136. The van der Waals surface area contributed by atoms with Gasteiger partial charge in [0.05, 0.1) is 12.6 Å². The number of fused-ring (bicyclic) bond motifs is 1. The maximum absolute atomic E-state index is 13.7. The first-order valence-corrected chi connectivity index (χ1v) is 8.93. The van der Waals surface area contributed by atoms with Crippen molar-refractivity contribution in [3.05, 3.63) is 34.9 Å². The maximum atomic E-state index is 13.7. The molecule has 3 N–H and O–H groups in total. The molecule has 1 aromatic carbocycles. The first-order valence-electron chi connectivity index (χ1n) is 8.93. The average molecular weight is 378 g/mol. The third-order valence-electron chi connectivity index (χ3n) is 5.36. The summed E-state index contributed by atoms with van der Waals surface area (Å²) in [6, 6.07) is 3.68. The molecule has 1 unspecified atom stereocenters. The second-order valence-electron chi connectivity index (χ2n) is 7.22. The van der Waals surface area contributed by atoms with E-state index in [1.807, 2.05) is 0 Å². The van der Waals surface area contributed by atoms with Gasteiger partial charge in [0, 0.05) is 31.6 Å². The normalized spacial score (nSPS) is 27.0. The van der Waals surface area contributed by atoms with Crippen LogP contribution < -0.4 is 16.0 Å². The van der Waals surface area contributed by atoms with E-state index in [9.17, 15) is 23.2 Å². The zero-order chi connectivity index (χ0) is 19.2. The Labute approximate surface area is 154 Å². The van der Waals surface area contributed by atoms with E-state index in [1.165, 1.54) is 4.90 Å². The average Bonchev–Trinajstić information content (AvgIpc) is 3.12. The van der Waals surface area contributed by atoms with Gasteiger partial charge in [-0.15, -0.1) is 0 Å². The summed E-state index contributed by atoms with van der Waals surface area (Å²) in [4.78, 5) is 37.6. The second-order valence-corrected chi connectivity index (χ2v) is 7.22. The minimum absolute atomic E-state index is 0.195. The fourth-order valence-electron chi connectivity index (χ4n) is 3.83. The standard InChI is InChI=1S/C18H20F2N4O3/c19-18(20)9-21-7-14(18)22-6-10-1-2-11-8-24(17(27)12(11)5-10)13-3-4-15(25)23-16(13)26/h1-2,5,13-14,21-22H,3-4,6-9H2,(H,23,25,26)/t13?,14-/m1/s1. The van der Waals surface area contributed by atoms with Crippen LogP contribution in [0.4, 0.5) is 8.78 Å². The number of alkyl halides is 2. The number of nitrogens with zero attached hydrogens (tertiary/aromatic N) is 1. The number of benzene rings is 1. The van der Waals surface area contributed by atoms with Gasteiger partial charge in [-0.05, 0) is 23.6 Å². The van der Waals surface area contributed by atoms with Crippen LogP contribution in [0.1, 0.15) is 34.3 Å². The van der Waals surface area contributed by atoms with Gasteiger partial charge in [0.1, 0.15) is 6.04 Å². The molecule has 0 saturated carbocycles. The van der Waals surface area contributed by atoms with Gasteiger partial charge >= 0.3 is 0 Å². The van der Waals surface area contributed by atoms with Gasteiger partial charge in [-0.25, -0.2) is 8.78 Å². The Morgan fingerprint density at radius 3 is 2.78 bits per heavy atom. The van der Waals surface area contributed by atoms with Gasteiger partial charge in [0.2, 0.25) is 11.8 Å². The number of hydrogen-bond donors (Lipinski definition) is 3. The van der Waals surface area contributed by atoms with E-state index in [0.717, 1.165) is 11.1 Å². The molecule has 3 heterocycles. The van der Waals surface area contributed by atoms with Crippen LogP contribution in [0.3, 0.4) is 0 Å². The number of rotatable bonds is 4. The monoisotopic (exact) mass is 378 g/mol. The first kappa shape index (κ1) is 18.0. The van der Waals surface area contributed by atoms with Crippen LogP contribution in [0.5, 0.6) is 0 Å². The molecule has 4 rings (SSSR count). The number of amides is 3. The number of carbonyl (C=O) groups is 3. The molecule has 27 heavy (non-hydrogen) atoms. The van der Waals surface area contributed by atoms with Crippen molar-refractivity contribution in [3.63, 3.8) is 0 Å². The minimum atomic E-state index is -2.80. The molecule has 2 saturated heterocycles. The van der Waals surface area contributed by atoms with Crippen LogP contribution in [0, 0.1) is 0 Å². The maximum Gasteiger partial charge on any atom is 0.276 e. The summed E-state index contributed by atoms with van der Waals surface area (Å²) in [5, 5.41) is 7.77. The molecule has 3 aliphatic rings. The molecule has 3 aliphatic heterocycles. The van der Waals surface area contributed by atoms with Crippen molar-refractivity contribution >= 4 is 17.7 Å². The minimum Gasteiger partial charge on any atom is -0.322 e. The van der Waals surface area contributed by atoms with Gasteiger partial charge in [-0.2, -0.15) is 0 Å². The predicted octanol–water partition coefficient (Wildman–Crippen LogP) is 0.144. The molecule has 0 aliphatic carbocycles. The summed E-state index contributed by atoms with van der Waals surface area (Å²) in [5.41, 5.74) is 2.01. The Balaban J connectivity index is 1.45. The molecule has 7 nitrogen and oxygen atoms in total. The van der Waals surface area contributed by atoms with Crippen LogP contribution in [-0.4, -0.2) is 53.7 Å². The number of imide groups is 1. The lowest BCUT2D eigenvalue weighted by Gasteiger charge is -2.29. The van der Waals surface area contributed by atoms with Crippen LogP contribution in [-0.2, 0) is 22.7 Å². The molecule has 0 bridgehead atoms. The zero-order valence-electron chi connectivity index (χ0n) is 14.6. The van der Waals surface area contributed by atoms with E-state index >= 15 is 0 Å². The van der Waals surface area contributed by atoms with Gasteiger partial charge in [-0.1, -0.05) is 12.1 Å². The third kappa shape index (κ3) is 3.32. The van der Waals surface area contributed by atoms with E-state index in [4.69, 9.17) is 0 Å². The molecular formula is C18H20F2N4O3. The fourth-order valence-corrected chi connectivity index (χ4v) is 3.83. The number of halogens is 2. The highest BCUT2D eigenvalue weighted by atomic mass is 19.3. The Morgan fingerprint density at radius 2 is 2.07 bits per heavy atom. The van der Waals surface area contributed by atoms with E-state index in [0.29, 0.717) is 18.5 Å². The van der Waals surface area contributed by atoms with Crippen molar-refractivity contribution in [3.8, 4) is 0 Å². The summed E-state index contributed by atoms with van der Waals surface area (Å²) >= 11 is 0. The SMILES string of the molecule is O=C1CCC(N2Cc3ccc(CN[C@@H]4CNCC4(F)F)cc3C2=O)C(=O)N1. The second kappa shape index (κ2) is 6.65. The van der Waals surface area contributed by atoms with Gasteiger partial charge in [-0.3, -0.25) is 19.7 Å². The van der Waals surface area contributed by atoms with Gasteiger partial charge in [0.15, 0.2) is 0 Å². The number of nitrogens with one attached hydrogen (secondary N) is 3. The smallest absolute Gasteiger partial charge is 0.276 e. The Hall–Kier alpha value is -2.39. The van der Waals surface area contributed by atoms with E-state index in [1.54, 1.807) is 18.2 Å². The number of piperidine rings is 1. The molecule has 0 spiro atoms. The lowest BCUT2D eigenvalue weighted by Crippen LogP contribution is -2.52. The van der Waals surface area contributed by atoms with Crippen molar-refractivity contribution in [1.29, 1.82) is 0 Å². The van der Waals surface area contributed by atoms with Crippen molar-refractivity contribution < 1.29 is 23.2 Å². The highest BCUT2D eigenvalue weighted by Gasteiger charge is 2.43. The predicted molar refractivity (Wildman–Crippen MR) is 90.9 cm³/mol. The highest BCUT2D eigenvalue weighted by molar-refractivity contribution is 6.05. The largest absolute Gasteiger partial charge is 0.322 e. The third-order valence-corrected chi connectivity index (χ3v) is 5.36. The summed E-state index contributed by atoms with van der Waals surface area (Å²) in [7, 11) is 0. The van der Waals surface area contributed by atoms with Crippen molar-refractivity contribution in [2.75, 3.05) is 13.1 Å². The number of carbonyl (C=O) groups excluding carboxylic acids is 3. The quantitative estimate of drug-likeness (QED) is 0.649. The van der Waals surface area contributed by atoms with Crippen molar-refractivity contribution in [2.24, 2.45) is 0 Å². The van der Waals surface area contributed by atoms with E-state index in [-0.39, 0.29) is 37.9 Å². The van der Waals surface area contributed by atoms with Gasteiger partial charge < -0.3 is 15.5 Å². The Kier molecular flexibility index (Phi) is 4.43. The molecule has 1 aromatic rings. The summed E-state index contributed by atoms with van der Waals surface area (Å²) in [5.74, 6) is -3.85. The summed E-state index contributed by atoms with van der Waals surface area (Å²) in [6.07, 6.45) is 0.512. The van der Waals surface area contributed by atoms with Gasteiger partial charge in [0.25, 0.3) is 11.8 Å². The summed E-state index contributed by atoms with van der Waals surface area (Å²) in [6.45, 7) is 0.383. The molecule has 0 aromatic heterocycles. The van der Waals surface area contributed by atoms with Crippen molar-refractivity contribution in [2.45, 2.75) is 43.9 Å².